The SMILES string of the molecule is CC(C)c1ccc(Cn2ccc3sccc3c2=O)cc1. The molecule has 2 nitrogen and oxygen atoms in total. The van der Waals surface area contributed by atoms with Gasteiger partial charge in [-0.1, -0.05) is 38.1 Å². The van der Waals surface area contributed by atoms with Gasteiger partial charge >= 0.3 is 0 Å². The lowest BCUT2D eigenvalue weighted by Crippen LogP contribution is -2.19. The van der Waals surface area contributed by atoms with Crippen LogP contribution in [0.5, 0.6) is 0 Å². The van der Waals surface area contributed by atoms with Crippen LogP contribution in [0.4, 0.5) is 0 Å². The fraction of sp³-hybridized carbons (Fsp3) is 0.235. The predicted octanol–water partition coefficient (Wildman–Crippen LogP) is 4.23. The molecule has 2 heterocycles. The zero-order chi connectivity index (χ0) is 14.1. The highest BCUT2D eigenvalue weighted by Gasteiger charge is 2.05. The van der Waals surface area contributed by atoms with Gasteiger partial charge in [-0.05, 0) is 34.6 Å². The summed E-state index contributed by atoms with van der Waals surface area (Å²) < 4.78 is 2.83. The van der Waals surface area contributed by atoms with Crippen molar-refractivity contribution in [3.63, 3.8) is 0 Å². The average molecular weight is 283 g/mol. The van der Waals surface area contributed by atoms with E-state index in [-0.39, 0.29) is 5.56 Å². The highest BCUT2D eigenvalue weighted by atomic mass is 32.1. The quantitative estimate of drug-likeness (QED) is 0.705. The molecule has 0 aliphatic carbocycles. The van der Waals surface area contributed by atoms with E-state index in [0.717, 1.165) is 15.6 Å². The van der Waals surface area contributed by atoms with Crippen molar-refractivity contribution in [1.29, 1.82) is 0 Å². The molecule has 0 spiro atoms. The summed E-state index contributed by atoms with van der Waals surface area (Å²) in [5.41, 5.74) is 2.58. The smallest absolute Gasteiger partial charge is 0.259 e. The Balaban J connectivity index is 1.92. The molecule has 0 saturated heterocycles. The van der Waals surface area contributed by atoms with Gasteiger partial charge in [-0.3, -0.25) is 4.79 Å². The molecule has 3 heteroatoms. The number of hydrogen-bond donors (Lipinski definition) is 0. The second-order valence-corrected chi connectivity index (χ2v) is 6.29. The maximum absolute atomic E-state index is 12.3. The van der Waals surface area contributed by atoms with E-state index in [9.17, 15) is 4.79 Å². The molecular formula is C17H17NOS. The first-order chi connectivity index (χ1) is 9.65. The predicted molar refractivity (Wildman–Crippen MR) is 85.7 cm³/mol. The molecule has 0 atom stereocenters. The van der Waals surface area contributed by atoms with Crippen LogP contribution in [0.2, 0.25) is 0 Å². The van der Waals surface area contributed by atoms with Crippen molar-refractivity contribution in [3.8, 4) is 0 Å². The summed E-state index contributed by atoms with van der Waals surface area (Å²) in [7, 11) is 0. The Labute approximate surface area is 122 Å². The standard InChI is InChI=1S/C17H17NOS/c1-12(2)14-5-3-13(4-6-14)11-18-9-7-16-15(17(18)19)8-10-20-16/h3-10,12H,11H2,1-2H3. The number of benzene rings is 1. The molecule has 0 aliphatic heterocycles. The van der Waals surface area contributed by atoms with E-state index >= 15 is 0 Å². The van der Waals surface area contributed by atoms with Crippen molar-refractivity contribution in [3.05, 3.63) is 69.5 Å². The van der Waals surface area contributed by atoms with E-state index in [1.54, 1.807) is 15.9 Å². The molecule has 3 rings (SSSR count). The van der Waals surface area contributed by atoms with Gasteiger partial charge < -0.3 is 4.57 Å². The Bertz CT molecular complexity index is 781. The van der Waals surface area contributed by atoms with E-state index in [2.05, 4.69) is 38.1 Å². The van der Waals surface area contributed by atoms with Crippen molar-refractivity contribution in [2.24, 2.45) is 0 Å². The van der Waals surface area contributed by atoms with Crippen molar-refractivity contribution >= 4 is 21.4 Å². The Kier molecular flexibility index (Phi) is 3.45. The van der Waals surface area contributed by atoms with Crippen molar-refractivity contribution in [1.82, 2.24) is 4.57 Å². The van der Waals surface area contributed by atoms with Gasteiger partial charge in [-0.25, -0.2) is 0 Å². The van der Waals surface area contributed by atoms with Crippen LogP contribution < -0.4 is 5.56 Å². The summed E-state index contributed by atoms with van der Waals surface area (Å²) in [5, 5.41) is 2.78. The number of nitrogens with zero attached hydrogens (tertiary/aromatic N) is 1. The van der Waals surface area contributed by atoms with Gasteiger partial charge in [0, 0.05) is 10.9 Å². The van der Waals surface area contributed by atoms with Crippen LogP contribution in [0.15, 0.2) is 52.8 Å². The van der Waals surface area contributed by atoms with Crippen LogP contribution in [0, 0.1) is 0 Å². The summed E-state index contributed by atoms with van der Waals surface area (Å²) in [6.45, 7) is 5.00. The van der Waals surface area contributed by atoms with E-state index in [1.165, 1.54) is 5.56 Å². The molecule has 0 N–H and O–H groups in total. The fourth-order valence-electron chi connectivity index (χ4n) is 2.34. The molecule has 20 heavy (non-hydrogen) atoms. The molecule has 102 valence electrons. The molecule has 0 bridgehead atoms. The van der Waals surface area contributed by atoms with Crippen LogP contribution >= 0.6 is 11.3 Å². The summed E-state index contributed by atoms with van der Waals surface area (Å²) in [5.74, 6) is 0.536. The zero-order valence-corrected chi connectivity index (χ0v) is 12.5. The maximum Gasteiger partial charge on any atom is 0.259 e. The molecule has 2 aromatic heterocycles. The lowest BCUT2D eigenvalue weighted by Gasteiger charge is -2.09. The minimum Gasteiger partial charge on any atom is -0.311 e. The number of pyridine rings is 1. The van der Waals surface area contributed by atoms with Crippen LogP contribution in [-0.2, 0) is 6.54 Å². The molecule has 0 unspecified atom stereocenters. The molecular weight excluding hydrogens is 266 g/mol. The van der Waals surface area contributed by atoms with Crippen molar-refractivity contribution in [2.45, 2.75) is 26.3 Å². The normalized spacial score (nSPS) is 11.3. The van der Waals surface area contributed by atoms with Gasteiger partial charge in [-0.15, -0.1) is 11.3 Å². The van der Waals surface area contributed by atoms with Crippen LogP contribution in [0.3, 0.4) is 0 Å². The molecule has 0 aliphatic rings. The van der Waals surface area contributed by atoms with Gasteiger partial charge in [0.1, 0.15) is 0 Å². The van der Waals surface area contributed by atoms with E-state index in [4.69, 9.17) is 0 Å². The van der Waals surface area contributed by atoms with Gasteiger partial charge in [0.2, 0.25) is 0 Å². The Morgan fingerprint density at radius 1 is 1.10 bits per heavy atom. The highest BCUT2D eigenvalue weighted by Crippen LogP contribution is 2.17. The molecule has 3 aromatic rings. The van der Waals surface area contributed by atoms with Crippen LogP contribution in [0.25, 0.3) is 10.1 Å². The number of hydrogen-bond acceptors (Lipinski definition) is 2. The summed E-state index contributed by atoms with van der Waals surface area (Å²) in [4.78, 5) is 12.3. The molecule has 0 radical (unpaired) electrons. The first-order valence-corrected chi connectivity index (χ1v) is 7.68. The maximum atomic E-state index is 12.3. The second kappa shape index (κ2) is 5.25. The Morgan fingerprint density at radius 3 is 2.55 bits per heavy atom. The number of aromatic nitrogens is 1. The third kappa shape index (κ3) is 2.41. The van der Waals surface area contributed by atoms with Gasteiger partial charge in [-0.2, -0.15) is 0 Å². The van der Waals surface area contributed by atoms with Gasteiger partial charge in [0.05, 0.1) is 11.9 Å². The summed E-state index contributed by atoms with van der Waals surface area (Å²) in [6, 6.07) is 12.4. The van der Waals surface area contributed by atoms with Crippen molar-refractivity contribution in [2.75, 3.05) is 0 Å². The van der Waals surface area contributed by atoms with E-state index in [0.29, 0.717) is 12.5 Å². The molecule has 0 amide bonds. The fourth-order valence-corrected chi connectivity index (χ4v) is 3.11. The third-order valence-corrected chi connectivity index (χ3v) is 4.47. The Hall–Kier alpha value is -1.87. The van der Waals surface area contributed by atoms with Crippen LogP contribution in [0.1, 0.15) is 30.9 Å². The Morgan fingerprint density at radius 2 is 1.85 bits per heavy atom. The van der Waals surface area contributed by atoms with Crippen LogP contribution in [-0.4, -0.2) is 4.57 Å². The van der Waals surface area contributed by atoms with E-state index < -0.39 is 0 Å². The molecule has 0 fully saturated rings. The highest BCUT2D eigenvalue weighted by molar-refractivity contribution is 7.17. The minimum absolute atomic E-state index is 0.0942. The van der Waals surface area contributed by atoms with Crippen molar-refractivity contribution < 1.29 is 0 Å². The number of fused-ring (bicyclic) bond motifs is 1. The topological polar surface area (TPSA) is 22.0 Å². The lowest BCUT2D eigenvalue weighted by molar-refractivity contribution is 0.766. The second-order valence-electron chi connectivity index (χ2n) is 5.34. The number of rotatable bonds is 3. The summed E-state index contributed by atoms with van der Waals surface area (Å²) >= 11 is 1.61. The number of thiophene rings is 1. The van der Waals surface area contributed by atoms with Gasteiger partial charge in [0.25, 0.3) is 5.56 Å². The van der Waals surface area contributed by atoms with Gasteiger partial charge in [0.15, 0.2) is 0 Å². The molecule has 0 saturated carbocycles. The minimum atomic E-state index is 0.0942. The average Bonchev–Trinajstić information content (AvgIpc) is 2.92. The monoisotopic (exact) mass is 283 g/mol. The third-order valence-electron chi connectivity index (χ3n) is 3.59. The molecule has 1 aromatic carbocycles. The summed E-state index contributed by atoms with van der Waals surface area (Å²) in [6.07, 6.45) is 1.89. The zero-order valence-electron chi connectivity index (χ0n) is 11.7. The van der Waals surface area contributed by atoms with E-state index in [1.807, 2.05) is 23.7 Å². The lowest BCUT2D eigenvalue weighted by atomic mass is 10.0. The first-order valence-electron chi connectivity index (χ1n) is 6.80. The largest absolute Gasteiger partial charge is 0.311 e. The first kappa shape index (κ1) is 13.1.